The van der Waals surface area contributed by atoms with E-state index in [1.807, 2.05) is 6.07 Å². The van der Waals surface area contributed by atoms with Crippen LogP contribution in [0.4, 0.5) is 0 Å². The molecule has 1 unspecified atom stereocenters. The molecule has 0 amide bonds. The maximum atomic E-state index is 11.1. The van der Waals surface area contributed by atoms with Crippen LogP contribution < -0.4 is 0 Å². The van der Waals surface area contributed by atoms with Gasteiger partial charge < -0.3 is 9.67 Å². The molecule has 2 rings (SSSR count). The Morgan fingerprint density at radius 1 is 1.33 bits per heavy atom. The molecule has 0 fully saturated rings. The lowest BCUT2D eigenvalue weighted by Gasteiger charge is -2.21. The van der Waals surface area contributed by atoms with Gasteiger partial charge in [0.15, 0.2) is 0 Å². The second-order valence-electron chi connectivity index (χ2n) is 5.85. The van der Waals surface area contributed by atoms with Gasteiger partial charge in [0, 0.05) is 12.0 Å². The largest absolute Gasteiger partial charge is 0.478 e. The van der Waals surface area contributed by atoms with Gasteiger partial charge in [-0.25, -0.2) is 9.78 Å². The number of carbonyl (C=O) groups is 1. The summed E-state index contributed by atoms with van der Waals surface area (Å²) in [4.78, 5) is 15.8. The highest BCUT2D eigenvalue weighted by atomic mass is 16.4. The number of nitrogens with zero attached hydrogens (tertiary/aromatic N) is 2. The van der Waals surface area contributed by atoms with E-state index in [9.17, 15) is 4.79 Å². The summed E-state index contributed by atoms with van der Waals surface area (Å²) in [5.41, 5.74) is 2.13. The number of aromatic nitrogens is 2. The second-order valence-corrected chi connectivity index (χ2v) is 5.85. The van der Waals surface area contributed by atoms with Crippen LogP contribution in [-0.4, -0.2) is 20.6 Å². The van der Waals surface area contributed by atoms with Crippen LogP contribution in [0.2, 0.25) is 0 Å². The van der Waals surface area contributed by atoms with Crippen LogP contribution >= 0.6 is 0 Å². The van der Waals surface area contributed by atoms with Crippen LogP contribution in [0.25, 0.3) is 11.0 Å². The van der Waals surface area contributed by atoms with Gasteiger partial charge in [-0.15, -0.1) is 0 Å². The summed E-state index contributed by atoms with van der Waals surface area (Å²) in [7, 11) is 0. The molecule has 0 radical (unpaired) electrons. The summed E-state index contributed by atoms with van der Waals surface area (Å²) in [5, 5.41) is 9.13. The molecule has 0 spiro atoms. The Morgan fingerprint density at radius 3 is 2.57 bits per heavy atom. The average Bonchev–Trinajstić information content (AvgIpc) is 2.83. The first kappa shape index (κ1) is 15.5. The van der Waals surface area contributed by atoms with Gasteiger partial charge in [-0.3, -0.25) is 0 Å². The molecule has 4 heteroatoms. The number of benzene rings is 1. The first-order valence-corrected chi connectivity index (χ1v) is 7.74. The molecular weight excluding hydrogens is 264 g/mol. The molecule has 0 saturated heterocycles. The van der Waals surface area contributed by atoms with E-state index < -0.39 is 5.97 Å². The van der Waals surface area contributed by atoms with Crippen LogP contribution in [0, 0.1) is 0 Å². The number of carboxylic acids is 1. The molecule has 0 bridgehead atoms. The lowest BCUT2D eigenvalue weighted by atomic mass is 10.1. The fraction of sp³-hybridized carbons (Fsp3) is 0.529. The number of hydrogen-bond donors (Lipinski definition) is 1. The lowest BCUT2D eigenvalue weighted by molar-refractivity contribution is 0.0697. The zero-order valence-electron chi connectivity index (χ0n) is 13.3. The molecule has 1 aromatic heterocycles. The predicted octanol–water partition coefficient (Wildman–Crippen LogP) is 4.61. The molecule has 2 aromatic rings. The van der Waals surface area contributed by atoms with Gasteiger partial charge in [-0.05, 0) is 31.0 Å². The highest BCUT2D eigenvalue weighted by Crippen LogP contribution is 2.30. The van der Waals surface area contributed by atoms with Crippen molar-refractivity contribution >= 4 is 17.0 Å². The third kappa shape index (κ3) is 2.94. The number of fused-ring (bicyclic) bond motifs is 1. The Labute approximate surface area is 125 Å². The Hall–Kier alpha value is -1.84. The average molecular weight is 288 g/mol. The molecule has 1 heterocycles. The number of imidazole rings is 1. The number of carboxylic acid groups (broad SMARTS) is 1. The molecule has 0 aliphatic heterocycles. The SMILES string of the molecule is CCCC(CC)n1c(C(C)C)nc2cc(C(=O)O)ccc21. The van der Waals surface area contributed by atoms with Crippen molar-refractivity contribution in [1.29, 1.82) is 0 Å². The summed E-state index contributed by atoms with van der Waals surface area (Å²) in [6.45, 7) is 8.66. The second kappa shape index (κ2) is 6.29. The highest BCUT2D eigenvalue weighted by molar-refractivity contribution is 5.92. The van der Waals surface area contributed by atoms with Crippen molar-refractivity contribution in [2.45, 2.75) is 58.9 Å². The molecule has 1 atom stereocenters. The minimum Gasteiger partial charge on any atom is -0.478 e. The maximum Gasteiger partial charge on any atom is 0.335 e. The van der Waals surface area contributed by atoms with Crippen LogP contribution in [0.1, 0.15) is 75.1 Å². The van der Waals surface area contributed by atoms with Crippen molar-refractivity contribution in [2.24, 2.45) is 0 Å². The summed E-state index contributed by atoms with van der Waals surface area (Å²) >= 11 is 0. The van der Waals surface area contributed by atoms with E-state index in [0.717, 1.165) is 36.1 Å². The van der Waals surface area contributed by atoms with Gasteiger partial charge in [0.2, 0.25) is 0 Å². The predicted molar refractivity (Wildman–Crippen MR) is 85.0 cm³/mol. The van der Waals surface area contributed by atoms with Crippen LogP contribution in [0.3, 0.4) is 0 Å². The monoisotopic (exact) mass is 288 g/mol. The molecular formula is C17H24N2O2. The normalized spacial score (nSPS) is 13.0. The highest BCUT2D eigenvalue weighted by Gasteiger charge is 2.20. The van der Waals surface area contributed by atoms with E-state index in [-0.39, 0.29) is 0 Å². The summed E-state index contributed by atoms with van der Waals surface area (Å²) < 4.78 is 2.31. The Bertz CT molecular complexity index is 644. The topological polar surface area (TPSA) is 55.1 Å². The van der Waals surface area contributed by atoms with Crippen molar-refractivity contribution in [3.63, 3.8) is 0 Å². The maximum absolute atomic E-state index is 11.1. The number of aromatic carboxylic acids is 1. The molecule has 21 heavy (non-hydrogen) atoms. The quantitative estimate of drug-likeness (QED) is 0.844. The van der Waals surface area contributed by atoms with Crippen molar-refractivity contribution in [1.82, 2.24) is 9.55 Å². The standard InChI is InChI=1S/C17H24N2O2/c1-5-7-13(6-2)19-15-9-8-12(17(20)21)10-14(15)18-16(19)11(3)4/h8-11,13H,5-7H2,1-4H3,(H,20,21). The zero-order valence-corrected chi connectivity index (χ0v) is 13.3. The van der Waals surface area contributed by atoms with Gasteiger partial charge in [-0.2, -0.15) is 0 Å². The molecule has 0 aliphatic carbocycles. The fourth-order valence-corrected chi connectivity index (χ4v) is 2.89. The van der Waals surface area contributed by atoms with Crippen LogP contribution in [-0.2, 0) is 0 Å². The summed E-state index contributed by atoms with van der Waals surface area (Å²) in [6, 6.07) is 5.67. The molecule has 114 valence electrons. The molecule has 4 nitrogen and oxygen atoms in total. The zero-order chi connectivity index (χ0) is 15.6. The first-order chi connectivity index (χ1) is 9.99. The van der Waals surface area contributed by atoms with Crippen LogP contribution in [0.15, 0.2) is 18.2 Å². The van der Waals surface area contributed by atoms with Crippen LogP contribution in [0.5, 0.6) is 0 Å². The van der Waals surface area contributed by atoms with E-state index in [0.29, 0.717) is 17.5 Å². The smallest absolute Gasteiger partial charge is 0.335 e. The Balaban J connectivity index is 2.65. The number of rotatable bonds is 6. The van der Waals surface area contributed by atoms with Crippen molar-refractivity contribution in [3.05, 3.63) is 29.6 Å². The lowest BCUT2D eigenvalue weighted by Crippen LogP contribution is -2.12. The minimum absolute atomic E-state index is 0.297. The van der Waals surface area contributed by atoms with Crippen molar-refractivity contribution in [2.75, 3.05) is 0 Å². The Kier molecular flexibility index (Phi) is 4.66. The van der Waals surface area contributed by atoms with E-state index in [4.69, 9.17) is 10.1 Å². The van der Waals surface area contributed by atoms with Gasteiger partial charge in [0.1, 0.15) is 5.82 Å². The summed E-state index contributed by atoms with van der Waals surface area (Å²) in [6.07, 6.45) is 3.30. The van der Waals surface area contributed by atoms with E-state index in [1.165, 1.54) is 0 Å². The van der Waals surface area contributed by atoms with Gasteiger partial charge in [-0.1, -0.05) is 34.1 Å². The third-order valence-corrected chi connectivity index (χ3v) is 3.94. The number of hydrogen-bond acceptors (Lipinski definition) is 2. The fourth-order valence-electron chi connectivity index (χ4n) is 2.89. The van der Waals surface area contributed by atoms with Crippen molar-refractivity contribution in [3.8, 4) is 0 Å². The Morgan fingerprint density at radius 2 is 2.05 bits per heavy atom. The molecule has 0 aliphatic rings. The minimum atomic E-state index is -0.904. The van der Waals surface area contributed by atoms with E-state index in [1.54, 1.807) is 12.1 Å². The molecule has 0 saturated carbocycles. The molecule has 1 N–H and O–H groups in total. The van der Waals surface area contributed by atoms with E-state index in [2.05, 4.69) is 32.3 Å². The molecule has 1 aromatic carbocycles. The van der Waals surface area contributed by atoms with Gasteiger partial charge in [0.05, 0.1) is 16.6 Å². The third-order valence-electron chi connectivity index (χ3n) is 3.94. The van der Waals surface area contributed by atoms with E-state index >= 15 is 0 Å². The van der Waals surface area contributed by atoms with Gasteiger partial charge in [0.25, 0.3) is 0 Å². The summed E-state index contributed by atoms with van der Waals surface area (Å²) in [5.74, 6) is 0.461. The first-order valence-electron chi connectivity index (χ1n) is 7.74. The van der Waals surface area contributed by atoms with Crippen molar-refractivity contribution < 1.29 is 9.90 Å². The van der Waals surface area contributed by atoms with Gasteiger partial charge >= 0.3 is 5.97 Å².